The van der Waals surface area contributed by atoms with Crippen molar-refractivity contribution in [3.05, 3.63) is 23.8 Å². The molecule has 0 amide bonds. The highest BCUT2D eigenvalue weighted by atomic mass is 16.7. The summed E-state index contributed by atoms with van der Waals surface area (Å²) in [4.78, 5) is 0. The van der Waals surface area contributed by atoms with E-state index < -0.39 is 60.9 Å². The first-order chi connectivity index (χ1) is 15.1. The fourth-order valence-corrected chi connectivity index (χ4v) is 4.74. The van der Waals surface area contributed by atoms with E-state index in [-0.39, 0.29) is 25.7 Å². The molecule has 0 spiro atoms. The summed E-state index contributed by atoms with van der Waals surface area (Å²) in [6.07, 6.45) is -6.92. The zero-order chi connectivity index (χ0) is 23.3. The Balaban J connectivity index is 1.38. The van der Waals surface area contributed by atoms with Crippen LogP contribution in [0.25, 0.3) is 0 Å². The van der Waals surface area contributed by atoms with Gasteiger partial charge in [0.15, 0.2) is 12.6 Å². The Kier molecular flexibility index (Phi) is 6.80. The number of fused-ring (bicyclic) bond motifs is 1. The summed E-state index contributed by atoms with van der Waals surface area (Å²) in [5.41, 5.74) is -0.600. The summed E-state index contributed by atoms with van der Waals surface area (Å²) in [7, 11) is 0. The van der Waals surface area contributed by atoms with Crippen molar-refractivity contribution in [3.8, 4) is 0 Å². The summed E-state index contributed by atoms with van der Waals surface area (Å²) in [6, 6.07) is 0. The Hall–Kier alpha value is -0.960. The minimum atomic E-state index is -1.86. The van der Waals surface area contributed by atoms with Crippen molar-refractivity contribution in [2.24, 2.45) is 5.92 Å². The van der Waals surface area contributed by atoms with Crippen LogP contribution in [0, 0.1) is 5.92 Å². The van der Waals surface area contributed by atoms with Gasteiger partial charge in [0, 0.05) is 5.92 Å². The molecule has 0 aromatic carbocycles. The van der Waals surface area contributed by atoms with E-state index in [0.29, 0.717) is 6.61 Å². The van der Waals surface area contributed by atoms with Crippen molar-refractivity contribution in [2.45, 2.75) is 67.6 Å². The third-order valence-electron chi connectivity index (χ3n) is 7.03. The standard InChI is InChI=1S/C21H32O11/c1-10-5-31-21(11(2)3-4-12(10)21)9-30-18-16(25)15(24)14(23)13(32-18)6-28-19-17(26)20(27,7-22)8-29-19/h3,12-19,22-27H,1,4-9H2,2H3/t12-,13-,14-,15+,16-,17+,18-,19-,20+,21-/m1/s1. The highest BCUT2D eigenvalue weighted by Gasteiger charge is 2.53. The third-order valence-corrected chi connectivity index (χ3v) is 7.03. The first-order valence-corrected chi connectivity index (χ1v) is 10.7. The predicted octanol–water partition coefficient (Wildman–Crippen LogP) is -2.44. The van der Waals surface area contributed by atoms with Crippen molar-refractivity contribution in [2.75, 3.05) is 33.0 Å². The van der Waals surface area contributed by atoms with Crippen LogP contribution in [-0.2, 0) is 23.7 Å². The van der Waals surface area contributed by atoms with Crippen molar-refractivity contribution < 1.29 is 54.3 Å². The van der Waals surface area contributed by atoms with Crippen molar-refractivity contribution in [3.63, 3.8) is 0 Å². The van der Waals surface area contributed by atoms with Crippen LogP contribution in [-0.4, -0.2) is 118 Å². The number of allylic oxidation sites excluding steroid dienone is 1. The fraction of sp³-hybridized carbons (Fsp3) is 0.810. The molecule has 4 rings (SSSR count). The monoisotopic (exact) mass is 460 g/mol. The van der Waals surface area contributed by atoms with Gasteiger partial charge in [-0.15, -0.1) is 0 Å². The van der Waals surface area contributed by atoms with Crippen LogP contribution in [0.1, 0.15) is 13.3 Å². The molecular formula is C21H32O11. The fourth-order valence-electron chi connectivity index (χ4n) is 4.74. The van der Waals surface area contributed by atoms with Gasteiger partial charge < -0.3 is 54.3 Å². The molecule has 6 N–H and O–H groups in total. The van der Waals surface area contributed by atoms with Gasteiger partial charge in [-0.05, 0) is 24.5 Å². The maximum absolute atomic E-state index is 10.4. The molecule has 1 aliphatic carbocycles. The largest absolute Gasteiger partial charge is 0.393 e. The number of aliphatic hydroxyl groups excluding tert-OH is 5. The molecule has 11 heteroatoms. The first-order valence-electron chi connectivity index (χ1n) is 10.7. The highest BCUT2D eigenvalue weighted by Crippen LogP contribution is 2.48. The second-order valence-corrected chi connectivity index (χ2v) is 9.06. The normalized spacial score (nSPS) is 48.8. The summed E-state index contributed by atoms with van der Waals surface area (Å²) >= 11 is 0. The third kappa shape index (κ3) is 3.95. The average molecular weight is 460 g/mol. The molecule has 0 unspecified atom stereocenters. The maximum atomic E-state index is 10.4. The molecule has 10 atom stereocenters. The maximum Gasteiger partial charge on any atom is 0.186 e. The summed E-state index contributed by atoms with van der Waals surface area (Å²) in [5, 5.41) is 60.3. The second-order valence-electron chi connectivity index (χ2n) is 9.06. The Morgan fingerprint density at radius 1 is 1.12 bits per heavy atom. The van der Waals surface area contributed by atoms with Crippen molar-refractivity contribution in [1.82, 2.24) is 0 Å². The van der Waals surface area contributed by atoms with E-state index in [0.717, 1.165) is 17.6 Å². The van der Waals surface area contributed by atoms with Crippen LogP contribution in [0.4, 0.5) is 0 Å². The van der Waals surface area contributed by atoms with Crippen LogP contribution in [0.2, 0.25) is 0 Å². The molecule has 0 saturated carbocycles. The SMILES string of the molecule is C=C1CO[C@]2(CO[C@@H]3O[C@H](CO[C@@H]4OC[C@@](O)(CO)[C@H]4O)[C@@H](O)[C@H](O)[C@H]3O)C(C)=CC[C@H]12. The molecule has 4 aliphatic rings. The molecule has 3 saturated heterocycles. The summed E-state index contributed by atoms with van der Waals surface area (Å²) in [6.45, 7) is 5.07. The molecule has 0 aromatic heterocycles. The topological polar surface area (TPSA) is 168 Å². The Labute approximate surface area is 185 Å². The quantitative estimate of drug-likeness (QED) is 0.223. The molecule has 3 heterocycles. The van der Waals surface area contributed by atoms with E-state index in [1.165, 1.54) is 0 Å². The van der Waals surface area contributed by atoms with Crippen LogP contribution < -0.4 is 0 Å². The number of rotatable bonds is 7. The van der Waals surface area contributed by atoms with Gasteiger partial charge in [0.05, 0.1) is 33.0 Å². The van der Waals surface area contributed by atoms with Crippen molar-refractivity contribution in [1.29, 1.82) is 0 Å². The Morgan fingerprint density at radius 2 is 1.88 bits per heavy atom. The van der Waals surface area contributed by atoms with Crippen LogP contribution in [0.15, 0.2) is 23.8 Å². The smallest absolute Gasteiger partial charge is 0.186 e. The van der Waals surface area contributed by atoms with Gasteiger partial charge in [-0.25, -0.2) is 0 Å². The van der Waals surface area contributed by atoms with E-state index in [1.807, 2.05) is 6.92 Å². The van der Waals surface area contributed by atoms with E-state index in [9.17, 15) is 30.6 Å². The van der Waals surface area contributed by atoms with E-state index in [1.54, 1.807) is 0 Å². The highest BCUT2D eigenvalue weighted by molar-refractivity contribution is 5.34. The van der Waals surface area contributed by atoms with E-state index >= 15 is 0 Å². The Morgan fingerprint density at radius 3 is 2.56 bits per heavy atom. The zero-order valence-corrected chi connectivity index (χ0v) is 17.9. The molecule has 0 radical (unpaired) electrons. The minimum Gasteiger partial charge on any atom is -0.393 e. The van der Waals surface area contributed by atoms with Gasteiger partial charge in [-0.1, -0.05) is 12.7 Å². The molecular weight excluding hydrogens is 428 g/mol. The molecule has 3 aliphatic heterocycles. The second kappa shape index (κ2) is 9.01. The average Bonchev–Trinajstić information content (AvgIpc) is 3.38. The molecule has 0 bridgehead atoms. The lowest BCUT2D eigenvalue weighted by Crippen LogP contribution is -2.60. The Bertz CT molecular complexity index is 743. The van der Waals surface area contributed by atoms with Gasteiger partial charge in [0.2, 0.25) is 0 Å². The lowest BCUT2D eigenvalue weighted by atomic mass is 9.85. The zero-order valence-electron chi connectivity index (χ0n) is 17.9. The van der Waals surface area contributed by atoms with E-state index in [4.69, 9.17) is 23.7 Å². The van der Waals surface area contributed by atoms with Gasteiger partial charge >= 0.3 is 0 Å². The number of ether oxygens (including phenoxy) is 5. The van der Waals surface area contributed by atoms with Crippen LogP contribution in [0.5, 0.6) is 0 Å². The van der Waals surface area contributed by atoms with Crippen LogP contribution >= 0.6 is 0 Å². The summed E-state index contributed by atoms with van der Waals surface area (Å²) < 4.78 is 28.1. The first kappa shape index (κ1) is 24.2. The van der Waals surface area contributed by atoms with E-state index in [2.05, 4.69) is 12.7 Å². The van der Waals surface area contributed by atoms with Gasteiger partial charge in [0.25, 0.3) is 0 Å². The molecule has 11 nitrogen and oxygen atoms in total. The lowest BCUT2D eigenvalue weighted by molar-refractivity contribution is -0.315. The number of aliphatic hydroxyl groups is 6. The predicted molar refractivity (Wildman–Crippen MR) is 106 cm³/mol. The minimum absolute atomic E-state index is 0.0594. The molecule has 0 aromatic rings. The lowest BCUT2D eigenvalue weighted by Gasteiger charge is -2.42. The van der Waals surface area contributed by atoms with Crippen molar-refractivity contribution >= 4 is 0 Å². The number of hydrogen-bond donors (Lipinski definition) is 6. The van der Waals surface area contributed by atoms with Gasteiger partial charge in [-0.3, -0.25) is 0 Å². The summed E-state index contributed by atoms with van der Waals surface area (Å²) in [5.74, 6) is 0.0594. The molecule has 32 heavy (non-hydrogen) atoms. The van der Waals surface area contributed by atoms with Gasteiger partial charge in [-0.2, -0.15) is 0 Å². The molecule has 182 valence electrons. The molecule has 3 fully saturated rings. The van der Waals surface area contributed by atoms with Gasteiger partial charge in [0.1, 0.15) is 41.7 Å². The van der Waals surface area contributed by atoms with Crippen LogP contribution in [0.3, 0.4) is 0 Å². The number of hydrogen-bond acceptors (Lipinski definition) is 11.